The van der Waals surface area contributed by atoms with Crippen LogP contribution < -0.4 is 0 Å². The standard InChI is InChI=1S/C10H10N4O3S/c15-5-8-11-12-10(13(8)6-1-2-6)7-3-4-9(18-7)14(16)17/h3-4,6,15H,1-2,5H2. The monoisotopic (exact) mass is 266 g/mol. The molecule has 0 amide bonds. The maximum absolute atomic E-state index is 10.7. The average Bonchev–Trinajstić information content (AvgIpc) is 2.93. The van der Waals surface area contributed by atoms with Crippen molar-refractivity contribution >= 4 is 16.3 Å². The van der Waals surface area contributed by atoms with E-state index in [1.165, 1.54) is 6.07 Å². The normalized spacial score (nSPS) is 14.9. The number of aliphatic hydroxyl groups is 1. The lowest BCUT2D eigenvalue weighted by molar-refractivity contribution is -0.380. The van der Waals surface area contributed by atoms with Gasteiger partial charge in [-0.2, -0.15) is 0 Å². The van der Waals surface area contributed by atoms with Crippen molar-refractivity contribution in [1.82, 2.24) is 14.8 Å². The molecule has 1 aliphatic carbocycles. The minimum atomic E-state index is -0.418. The van der Waals surface area contributed by atoms with Crippen LogP contribution in [0.25, 0.3) is 10.7 Å². The van der Waals surface area contributed by atoms with Crippen LogP contribution in [0.15, 0.2) is 12.1 Å². The Morgan fingerprint density at radius 1 is 1.50 bits per heavy atom. The lowest BCUT2D eigenvalue weighted by atomic mass is 10.4. The molecule has 0 aromatic carbocycles. The number of rotatable bonds is 4. The Kier molecular flexibility index (Phi) is 2.60. The van der Waals surface area contributed by atoms with Gasteiger partial charge in [0.1, 0.15) is 6.61 Å². The number of hydrogen-bond donors (Lipinski definition) is 1. The van der Waals surface area contributed by atoms with Gasteiger partial charge in [0.05, 0.1) is 9.80 Å². The predicted molar refractivity (Wildman–Crippen MR) is 64.2 cm³/mol. The zero-order chi connectivity index (χ0) is 12.7. The number of aromatic nitrogens is 3. The van der Waals surface area contributed by atoms with Crippen LogP contribution in [0.2, 0.25) is 0 Å². The molecular formula is C10H10N4O3S. The van der Waals surface area contributed by atoms with Crippen LogP contribution in [0.3, 0.4) is 0 Å². The van der Waals surface area contributed by atoms with Crippen LogP contribution in [0, 0.1) is 10.1 Å². The molecule has 94 valence electrons. The Morgan fingerprint density at radius 2 is 2.28 bits per heavy atom. The zero-order valence-corrected chi connectivity index (χ0v) is 10.1. The second kappa shape index (κ2) is 4.14. The van der Waals surface area contributed by atoms with Crippen molar-refractivity contribution in [2.45, 2.75) is 25.5 Å². The van der Waals surface area contributed by atoms with Gasteiger partial charge in [-0.3, -0.25) is 10.1 Å². The minimum Gasteiger partial charge on any atom is -0.388 e. The quantitative estimate of drug-likeness (QED) is 0.672. The molecule has 1 N–H and O–H groups in total. The third-order valence-corrected chi connectivity index (χ3v) is 3.84. The Hall–Kier alpha value is -1.80. The fraction of sp³-hybridized carbons (Fsp3) is 0.400. The Labute approximate surface area is 106 Å². The van der Waals surface area contributed by atoms with Crippen LogP contribution in [0.5, 0.6) is 0 Å². The fourth-order valence-corrected chi connectivity index (χ4v) is 2.66. The summed E-state index contributed by atoms with van der Waals surface area (Å²) in [5.74, 6) is 1.13. The molecule has 18 heavy (non-hydrogen) atoms. The molecule has 0 atom stereocenters. The van der Waals surface area contributed by atoms with Crippen molar-refractivity contribution in [3.63, 3.8) is 0 Å². The highest BCUT2D eigenvalue weighted by atomic mass is 32.1. The largest absolute Gasteiger partial charge is 0.388 e. The Bertz CT molecular complexity index is 602. The molecule has 0 saturated heterocycles. The smallest absolute Gasteiger partial charge is 0.324 e. The number of nitro groups is 1. The summed E-state index contributed by atoms with van der Waals surface area (Å²) in [6.07, 6.45) is 2.07. The zero-order valence-electron chi connectivity index (χ0n) is 9.31. The first kappa shape index (κ1) is 11.3. The highest BCUT2D eigenvalue weighted by Gasteiger charge is 2.30. The molecule has 0 unspecified atom stereocenters. The van der Waals surface area contributed by atoms with Crippen molar-refractivity contribution in [2.75, 3.05) is 0 Å². The molecule has 1 aliphatic rings. The first-order valence-electron chi connectivity index (χ1n) is 5.50. The summed E-state index contributed by atoms with van der Waals surface area (Å²) in [7, 11) is 0. The minimum absolute atomic E-state index is 0.0842. The molecule has 1 fully saturated rings. The van der Waals surface area contributed by atoms with E-state index in [0.717, 1.165) is 24.2 Å². The van der Waals surface area contributed by atoms with Gasteiger partial charge in [0, 0.05) is 12.1 Å². The van der Waals surface area contributed by atoms with Crippen LogP contribution in [-0.4, -0.2) is 24.8 Å². The SMILES string of the molecule is O=[N+]([O-])c1ccc(-c2nnc(CO)n2C2CC2)s1. The lowest BCUT2D eigenvalue weighted by Gasteiger charge is -2.05. The first-order chi connectivity index (χ1) is 8.70. The van der Waals surface area contributed by atoms with Gasteiger partial charge in [0.15, 0.2) is 11.6 Å². The second-order valence-corrected chi connectivity index (χ2v) is 5.16. The van der Waals surface area contributed by atoms with Gasteiger partial charge in [-0.25, -0.2) is 0 Å². The summed E-state index contributed by atoms with van der Waals surface area (Å²) >= 11 is 1.07. The van der Waals surface area contributed by atoms with E-state index in [0.29, 0.717) is 22.6 Å². The first-order valence-corrected chi connectivity index (χ1v) is 6.31. The van der Waals surface area contributed by atoms with Gasteiger partial charge in [-0.15, -0.1) is 10.2 Å². The third kappa shape index (κ3) is 1.79. The van der Waals surface area contributed by atoms with Crippen molar-refractivity contribution in [3.05, 3.63) is 28.1 Å². The molecule has 0 radical (unpaired) electrons. The predicted octanol–water partition coefficient (Wildman–Crippen LogP) is 1.74. The number of aliphatic hydroxyl groups excluding tert-OH is 1. The van der Waals surface area contributed by atoms with E-state index < -0.39 is 4.92 Å². The van der Waals surface area contributed by atoms with E-state index in [1.807, 2.05) is 4.57 Å². The molecule has 0 aliphatic heterocycles. The molecule has 2 aromatic heterocycles. The molecule has 2 heterocycles. The Morgan fingerprint density at radius 3 is 2.83 bits per heavy atom. The molecule has 1 saturated carbocycles. The van der Waals surface area contributed by atoms with Gasteiger partial charge in [0.25, 0.3) is 0 Å². The Balaban J connectivity index is 2.04. The number of thiophene rings is 1. The summed E-state index contributed by atoms with van der Waals surface area (Å²) in [5.41, 5.74) is 0. The van der Waals surface area contributed by atoms with Crippen molar-refractivity contribution in [3.8, 4) is 10.7 Å². The third-order valence-electron chi connectivity index (χ3n) is 2.81. The van der Waals surface area contributed by atoms with Gasteiger partial charge in [-0.1, -0.05) is 11.3 Å². The molecule has 3 rings (SSSR count). The maximum atomic E-state index is 10.7. The molecule has 7 nitrogen and oxygen atoms in total. The van der Waals surface area contributed by atoms with Crippen LogP contribution >= 0.6 is 11.3 Å². The van der Waals surface area contributed by atoms with E-state index in [-0.39, 0.29) is 11.6 Å². The summed E-state index contributed by atoms with van der Waals surface area (Å²) < 4.78 is 1.88. The van der Waals surface area contributed by atoms with E-state index in [9.17, 15) is 15.2 Å². The molecule has 0 bridgehead atoms. The highest BCUT2D eigenvalue weighted by Crippen LogP contribution is 2.41. The van der Waals surface area contributed by atoms with Gasteiger partial charge in [-0.05, 0) is 18.9 Å². The lowest BCUT2D eigenvalue weighted by Crippen LogP contribution is -2.02. The van der Waals surface area contributed by atoms with E-state index in [2.05, 4.69) is 10.2 Å². The highest BCUT2D eigenvalue weighted by molar-refractivity contribution is 7.18. The molecule has 8 heteroatoms. The average molecular weight is 266 g/mol. The summed E-state index contributed by atoms with van der Waals surface area (Å²) in [6, 6.07) is 3.45. The van der Waals surface area contributed by atoms with E-state index in [1.54, 1.807) is 6.07 Å². The summed E-state index contributed by atoms with van der Waals surface area (Å²) in [5, 5.41) is 27.9. The molecular weight excluding hydrogens is 256 g/mol. The van der Waals surface area contributed by atoms with Crippen LogP contribution in [0.4, 0.5) is 5.00 Å². The second-order valence-electron chi connectivity index (χ2n) is 4.09. The van der Waals surface area contributed by atoms with Crippen LogP contribution in [-0.2, 0) is 6.61 Å². The van der Waals surface area contributed by atoms with Crippen molar-refractivity contribution in [2.24, 2.45) is 0 Å². The molecule has 0 spiro atoms. The van der Waals surface area contributed by atoms with Gasteiger partial charge < -0.3 is 9.67 Å². The molecule has 2 aromatic rings. The summed E-state index contributed by atoms with van der Waals surface area (Å²) in [6.45, 7) is -0.170. The maximum Gasteiger partial charge on any atom is 0.324 e. The summed E-state index contributed by atoms with van der Waals surface area (Å²) in [4.78, 5) is 11.0. The number of hydrogen-bond acceptors (Lipinski definition) is 6. The van der Waals surface area contributed by atoms with Crippen molar-refractivity contribution < 1.29 is 10.0 Å². The van der Waals surface area contributed by atoms with Crippen LogP contribution in [0.1, 0.15) is 24.7 Å². The van der Waals surface area contributed by atoms with E-state index >= 15 is 0 Å². The van der Waals surface area contributed by atoms with E-state index in [4.69, 9.17) is 0 Å². The number of nitrogens with zero attached hydrogens (tertiary/aromatic N) is 4. The van der Waals surface area contributed by atoms with Crippen molar-refractivity contribution in [1.29, 1.82) is 0 Å². The van der Waals surface area contributed by atoms with Gasteiger partial charge in [0.2, 0.25) is 0 Å². The fourth-order valence-electron chi connectivity index (χ4n) is 1.86. The van der Waals surface area contributed by atoms with Gasteiger partial charge >= 0.3 is 5.00 Å². The topological polar surface area (TPSA) is 94.1 Å².